The van der Waals surface area contributed by atoms with E-state index < -0.39 is 12.1 Å². The van der Waals surface area contributed by atoms with Crippen molar-refractivity contribution in [1.82, 2.24) is 5.32 Å². The predicted octanol–water partition coefficient (Wildman–Crippen LogP) is 2.95. The Labute approximate surface area is 136 Å². The van der Waals surface area contributed by atoms with E-state index in [0.717, 1.165) is 16.9 Å². The van der Waals surface area contributed by atoms with E-state index in [-0.39, 0.29) is 5.91 Å². The second-order valence-corrected chi connectivity index (χ2v) is 5.26. The highest BCUT2D eigenvalue weighted by atomic mass is 16.5. The molecule has 4 heteroatoms. The topological polar surface area (TPSA) is 58.6 Å². The monoisotopic (exact) mass is 311 g/mol. The molecule has 2 aromatic rings. The number of rotatable bonds is 6. The molecule has 2 unspecified atom stereocenters. The van der Waals surface area contributed by atoms with Crippen LogP contribution >= 0.6 is 0 Å². The van der Waals surface area contributed by atoms with E-state index in [1.165, 1.54) is 6.08 Å². The van der Waals surface area contributed by atoms with Gasteiger partial charge in [0.2, 0.25) is 5.91 Å². The maximum atomic E-state index is 11.9. The summed E-state index contributed by atoms with van der Waals surface area (Å²) in [6.45, 7) is 1.77. The van der Waals surface area contributed by atoms with Crippen molar-refractivity contribution in [2.75, 3.05) is 7.11 Å². The summed E-state index contributed by atoms with van der Waals surface area (Å²) in [5.74, 6) is 0.484. The SMILES string of the molecule is COc1ccc(C(O)C(C)NC(=O)/C=C/c2ccccc2)cc1. The standard InChI is InChI=1S/C19H21NO3/c1-14(19(22)16-9-11-17(23-2)12-10-16)20-18(21)13-8-15-6-4-3-5-7-15/h3-14,19,22H,1-2H3,(H,20,21)/b13-8+. The quantitative estimate of drug-likeness (QED) is 0.806. The van der Waals surface area contributed by atoms with Gasteiger partial charge in [0.1, 0.15) is 5.75 Å². The van der Waals surface area contributed by atoms with E-state index >= 15 is 0 Å². The number of hydrogen-bond acceptors (Lipinski definition) is 3. The molecular weight excluding hydrogens is 290 g/mol. The zero-order valence-electron chi connectivity index (χ0n) is 13.3. The molecule has 0 aliphatic carbocycles. The third-order valence-electron chi connectivity index (χ3n) is 3.53. The lowest BCUT2D eigenvalue weighted by Gasteiger charge is -2.20. The van der Waals surface area contributed by atoms with E-state index in [1.807, 2.05) is 30.3 Å². The molecule has 0 aliphatic heterocycles. The fourth-order valence-corrected chi connectivity index (χ4v) is 2.18. The van der Waals surface area contributed by atoms with E-state index in [1.54, 1.807) is 44.4 Å². The minimum atomic E-state index is -0.782. The minimum absolute atomic E-state index is 0.242. The average Bonchev–Trinajstić information content (AvgIpc) is 2.60. The summed E-state index contributed by atoms with van der Waals surface area (Å²) in [5.41, 5.74) is 1.68. The van der Waals surface area contributed by atoms with Crippen LogP contribution in [0.4, 0.5) is 0 Å². The van der Waals surface area contributed by atoms with Gasteiger partial charge in [-0.25, -0.2) is 0 Å². The van der Waals surface area contributed by atoms with Gasteiger partial charge in [0.05, 0.1) is 19.3 Å². The Balaban J connectivity index is 1.93. The van der Waals surface area contributed by atoms with Crippen molar-refractivity contribution in [2.45, 2.75) is 19.1 Å². The van der Waals surface area contributed by atoms with E-state index in [0.29, 0.717) is 0 Å². The lowest BCUT2D eigenvalue weighted by atomic mass is 10.0. The van der Waals surface area contributed by atoms with Gasteiger partial charge in [-0.3, -0.25) is 4.79 Å². The number of aliphatic hydroxyl groups excluding tert-OH is 1. The van der Waals surface area contributed by atoms with Crippen molar-refractivity contribution < 1.29 is 14.6 Å². The largest absolute Gasteiger partial charge is 0.497 e. The molecule has 2 aromatic carbocycles. The number of ether oxygens (including phenoxy) is 1. The zero-order chi connectivity index (χ0) is 16.7. The molecule has 0 spiro atoms. The van der Waals surface area contributed by atoms with Crippen LogP contribution in [-0.4, -0.2) is 24.2 Å². The molecule has 2 N–H and O–H groups in total. The second kappa shape index (κ2) is 8.15. The summed E-state index contributed by atoms with van der Waals surface area (Å²) in [6.07, 6.45) is 2.42. The van der Waals surface area contributed by atoms with Crippen molar-refractivity contribution in [3.8, 4) is 5.75 Å². The van der Waals surface area contributed by atoms with Crippen LogP contribution in [0.5, 0.6) is 5.75 Å². The number of carbonyl (C=O) groups is 1. The van der Waals surface area contributed by atoms with Gasteiger partial charge in [-0.1, -0.05) is 42.5 Å². The maximum absolute atomic E-state index is 11.9. The first-order chi connectivity index (χ1) is 11.1. The van der Waals surface area contributed by atoms with Crippen LogP contribution in [0.15, 0.2) is 60.7 Å². The maximum Gasteiger partial charge on any atom is 0.244 e. The number of carbonyl (C=O) groups excluding carboxylic acids is 1. The van der Waals surface area contributed by atoms with Crippen molar-refractivity contribution >= 4 is 12.0 Å². The van der Waals surface area contributed by atoms with Crippen molar-refractivity contribution in [3.05, 3.63) is 71.8 Å². The highest BCUT2D eigenvalue weighted by molar-refractivity contribution is 5.91. The lowest BCUT2D eigenvalue weighted by molar-refractivity contribution is -0.117. The Morgan fingerprint density at radius 3 is 2.39 bits per heavy atom. The van der Waals surface area contributed by atoms with Gasteiger partial charge in [0.15, 0.2) is 0 Å². The summed E-state index contributed by atoms with van der Waals surface area (Å²) in [7, 11) is 1.59. The molecule has 0 heterocycles. The average molecular weight is 311 g/mol. The first-order valence-electron chi connectivity index (χ1n) is 7.46. The summed E-state index contributed by atoms with van der Waals surface area (Å²) in [6, 6.07) is 16.3. The van der Waals surface area contributed by atoms with Gasteiger partial charge in [-0.15, -0.1) is 0 Å². The number of amides is 1. The van der Waals surface area contributed by atoms with Crippen LogP contribution in [0.2, 0.25) is 0 Å². The van der Waals surface area contributed by atoms with Crippen LogP contribution in [-0.2, 0) is 4.79 Å². The highest BCUT2D eigenvalue weighted by Crippen LogP contribution is 2.20. The molecule has 23 heavy (non-hydrogen) atoms. The Kier molecular flexibility index (Phi) is 5.94. The summed E-state index contributed by atoms with van der Waals surface area (Å²) >= 11 is 0. The van der Waals surface area contributed by atoms with Crippen LogP contribution < -0.4 is 10.1 Å². The van der Waals surface area contributed by atoms with Crippen molar-refractivity contribution in [2.24, 2.45) is 0 Å². The molecule has 0 saturated carbocycles. The number of aliphatic hydroxyl groups is 1. The number of hydrogen-bond donors (Lipinski definition) is 2. The number of benzene rings is 2. The molecule has 4 nitrogen and oxygen atoms in total. The highest BCUT2D eigenvalue weighted by Gasteiger charge is 2.17. The normalized spacial score (nSPS) is 13.5. The molecule has 0 bridgehead atoms. The zero-order valence-corrected chi connectivity index (χ0v) is 13.3. The first kappa shape index (κ1) is 16.8. The Hall–Kier alpha value is -2.59. The predicted molar refractivity (Wildman–Crippen MR) is 91.0 cm³/mol. The smallest absolute Gasteiger partial charge is 0.244 e. The first-order valence-corrected chi connectivity index (χ1v) is 7.46. The van der Waals surface area contributed by atoms with E-state index in [4.69, 9.17) is 4.74 Å². The van der Waals surface area contributed by atoms with Crippen molar-refractivity contribution in [3.63, 3.8) is 0 Å². The molecular formula is C19H21NO3. The summed E-state index contributed by atoms with van der Waals surface area (Å²) in [4.78, 5) is 11.9. The molecule has 2 rings (SSSR count). The van der Waals surface area contributed by atoms with Gasteiger partial charge in [-0.05, 0) is 36.3 Å². The number of nitrogens with one attached hydrogen (secondary N) is 1. The van der Waals surface area contributed by atoms with Gasteiger partial charge in [-0.2, -0.15) is 0 Å². The van der Waals surface area contributed by atoms with E-state index in [2.05, 4.69) is 5.32 Å². The van der Waals surface area contributed by atoms with Crippen LogP contribution in [0.1, 0.15) is 24.2 Å². The Morgan fingerprint density at radius 2 is 1.78 bits per heavy atom. The van der Waals surface area contributed by atoms with Gasteiger partial charge < -0.3 is 15.2 Å². The van der Waals surface area contributed by atoms with Crippen LogP contribution in [0.25, 0.3) is 6.08 Å². The fourth-order valence-electron chi connectivity index (χ4n) is 2.18. The van der Waals surface area contributed by atoms with Gasteiger partial charge in [0.25, 0.3) is 0 Å². The number of methoxy groups -OCH3 is 1. The molecule has 2 atom stereocenters. The molecule has 120 valence electrons. The van der Waals surface area contributed by atoms with Crippen molar-refractivity contribution in [1.29, 1.82) is 0 Å². The van der Waals surface area contributed by atoms with Gasteiger partial charge in [0, 0.05) is 6.08 Å². The molecule has 0 radical (unpaired) electrons. The summed E-state index contributed by atoms with van der Waals surface area (Å²) in [5, 5.41) is 13.1. The molecule has 1 amide bonds. The third-order valence-corrected chi connectivity index (χ3v) is 3.53. The van der Waals surface area contributed by atoms with Gasteiger partial charge >= 0.3 is 0 Å². The molecule has 0 saturated heterocycles. The molecule has 0 aliphatic rings. The summed E-state index contributed by atoms with van der Waals surface area (Å²) < 4.78 is 5.09. The van der Waals surface area contributed by atoms with E-state index in [9.17, 15) is 9.90 Å². The third kappa shape index (κ3) is 4.97. The fraction of sp³-hybridized carbons (Fsp3) is 0.211. The molecule has 0 fully saturated rings. The van der Waals surface area contributed by atoms with Crippen LogP contribution in [0.3, 0.4) is 0 Å². The minimum Gasteiger partial charge on any atom is -0.497 e. The Bertz CT molecular complexity index is 650. The van der Waals surface area contributed by atoms with Crippen LogP contribution in [0, 0.1) is 0 Å². The second-order valence-electron chi connectivity index (χ2n) is 5.26. The molecule has 0 aromatic heterocycles. The Morgan fingerprint density at radius 1 is 1.13 bits per heavy atom. The lowest BCUT2D eigenvalue weighted by Crippen LogP contribution is -2.36.